The number of aromatic amines is 1. The van der Waals surface area contributed by atoms with Gasteiger partial charge in [-0.05, 0) is 59.6 Å². The average molecular weight is 317 g/mol. The van der Waals surface area contributed by atoms with Crippen LogP contribution in [0.1, 0.15) is 47.1 Å². The normalized spacial score (nSPS) is 12.4. The Morgan fingerprint density at radius 3 is 2.57 bits per heavy atom. The highest BCUT2D eigenvalue weighted by Gasteiger charge is 2.30. The molecule has 0 bridgehead atoms. The van der Waals surface area contributed by atoms with Crippen LogP contribution < -0.4 is 0 Å². The summed E-state index contributed by atoms with van der Waals surface area (Å²) in [5, 5.41) is 1.10. The van der Waals surface area contributed by atoms with Crippen molar-refractivity contribution in [2.24, 2.45) is 0 Å². The number of nitrogens with zero attached hydrogens (tertiary/aromatic N) is 2. The average Bonchev–Trinajstić information content (AvgIpc) is 2.79. The predicted molar refractivity (Wildman–Crippen MR) is 92.5 cm³/mol. The first-order valence-electron chi connectivity index (χ1n) is 7.98. The van der Waals surface area contributed by atoms with Gasteiger partial charge in [0.2, 0.25) is 0 Å². The number of hydrogen-bond donors (Lipinski definition) is 1. The summed E-state index contributed by atoms with van der Waals surface area (Å²) in [6.45, 7) is 12.3. The zero-order valence-electron chi connectivity index (χ0n) is 14.9. The highest BCUT2D eigenvalue weighted by molar-refractivity contribution is 5.82. The molecule has 23 heavy (non-hydrogen) atoms. The lowest BCUT2D eigenvalue weighted by Gasteiger charge is -2.36. The summed E-state index contributed by atoms with van der Waals surface area (Å²) in [6.07, 6.45) is 6.09. The summed E-state index contributed by atoms with van der Waals surface area (Å²) in [5.41, 5.74) is 1.43. The van der Waals surface area contributed by atoms with Gasteiger partial charge in [-0.15, -0.1) is 0 Å². The quantitative estimate of drug-likeness (QED) is 0.925. The van der Waals surface area contributed by atoms with Crippen LogP contribution in [0.25, 0.3) is 10.9 Å². The van der Waals surface area contributed by atoms with Crippen molar-refractivity contribution < 1.29 is 9.53 Å². The Hall–Kier alpha value is -2.04. The molecule has 1 amide bonds. The molecule has 2 rings (SSSR count). The second-order valence-electron chi connectivity index (χ2n) is 7.79. The van der Waals surface area contributed by atoms with Gasteiger partial charge in [-0.3, -0.25) is 4.98 Å². The van der Waals surface area contributed by atoms with Crippen molar-refractivity contribution >= 4 is 17.0 Å². The molecule has 0 fully saturated rings. The van der Waals surface area contributed by atoms with E-state index < -0.39 is 5.60 Å². The first-order valence-corrected chi connectivity index (χ1v) is 7.98. The maximum absolute atomic E-state index is 12.5. The molecule has 2 heterocycles. The van der Waals surface area contributed by atoms with Crippen LogP contribution in [0.4, 0.5) is 4.79 Å². The molecule has 5 heteroatoms. The maximum Gasteiger partial charge on any atom is 0.410 e. The number of nitrogens with one attached hydrogen (secondary N) is 1. The van der Waals surface area contributed by atoms with Gasteiger partial charge >= 0.3 is 6.09 Å². The Bertz CT molecular complexity index is 677. The topological polar surface area (TPSA) is 58.2 Å². The van der Waals surface area contributed by atoms with Gasteiger partial charge in [-0.25, -0.2) is 4.79 Å². The number of carbonyl (C=O) groups is 1. The molecule has 126 valence electrons. The van der Waals surface area contributed by atoms with Gasteiger partial charge in [0.05, 0.1) is 0 Å². The third-order valence-corrected chi connectivity index (χ3v) is 3.60. The fraction of sp³-hybridized carbons (Fsp3) is 0.556. The van der Waals surface area contributed by atoms with Crippen LogP contribution in [0.5, 0.6) is 0 Å². The lowest BCUT2D eigenvalue weighted by molar-refractivity contribution is 0.00666. The SMILES string of the molecule is CC(C)(C)OC(=O)N(CCc1c[nH]c2ccncc12)C(C)(C)C. The lowest BCUT2D eigenvalue weighted by Crippen LogP contribution is -2.48. The molecule has 0 saturated heterocycles. The first-order chi connectivity index (χ1) is 10.6. The molecule has 0 aliphatic rings. The fourth-order valence-corrected chi connectivity index (χ4v) is 2.48. The Labute approximate surface area is 138 Å². The van der Waals surface area contributed by atoms with E-state index in [-0.39, 0.29) is 11.6 Å². The Kier molecular flexibility index (Phi) is 4.68. The van der Waals surface area contributed by atoms with Crippen LogP contribution in [0.2, 0.25) is 0 Å². The number of H-pyrrole nitrogens is 1. The lowest BCUT2D eigenvalue weighted by atomic mass is 10.0. The molecule has 2 aromatic heterocycles. The van der Waals surface area contributed by atoms with Gasteiger partial charge in [0.1, 0.15) is 5.60 Å². The fourth-order valence-electron chi connectivity index (χ4n) is 2.48. The summed E-state index contributed by atoms with van der Waals surface area (Å²) < 4.78 is 5.55. The number of ether oxygens (including phenoxy) is 1. The van der Waals surface area contributed by atoms with E-state index in [1.165, 1.54) is 0 Å². The van der Waals surface area contributed by atoms with Crippen molar-refractivity contribution in [2.45, 2.75) is 59.1 Å². The van der Waals surface area contributed by atoms with Gasteiger partial charge in [0.15, 0.2) is 0 Å². The first kappa shape index (κ1) is 17.3. The molecule has 5 nitrogen and oxygen atoms in total. The molecular formula is C18H27N3O2. The zero-order valence-corrected chi connectivity index (χ0v) is 14.9. The van der Waals surface area contributed by atoms with Crippen LogP contribution in [0.15, 0.2) is 24.7 Å². The second kappa shape index (κ2) is 6.22. The molecule has 1 N–H and O–H groups in total. The van der Waals surface area contributed by atoms with Crippen molar-refractivity contribution in [1.29, 1.82) is 0 Å². The Morgan fingerprint density at radius 1 is 1.26 bits per heavy atom. The highest BCUT2D eigenvalue weighted by Crippen LogP contribution is 2.21. The minimum atomic E-state index is -0.495. The van der Waals surface area contributed by atoms with Crippen LogP contribution in [-0.4, -0.2) is 38.6 Å². The van der Waals surface area contributed by atoms with E-state index in [0.717, 1.165) is 22.9 Å². The summed E-state index contributed by atoms with van der Waals surface area (Å²) in [5.74, 6) is 0. The van der Waals surface area contributed by atoms with Crippen molar-refractivity contribution in [2.75, 3.05) is 6.54 Å². The summed E-state index contributed by atoms with van der Waals surface area (Å²) in [6, 6.07) is 1.95. The second-order valence-corrected chi connectivity index (χ2v) is 7.79. The van der Waals surface area contributed by atoms with E-state index in [9.17, 15) is 4.79 Å². The van der Waals surface area contributed by atoms with Crippen LogP contribution in [0.3, 0.4) is 0 Å². The molecule has 0 unspecified atom stereocenters. The monoisotopic (exact) mass is 317 g/mol. The van der Waals surface area contributed by atoms with E-state index in [2.05, 4.69) is 9.97 Å². The van der Waals surface area contributed by atoms with Gasteiger partial charge in [-0.1, -0.05) is 0 Å². The van der Waals surface area contributed by atoms with Crippen LogP contribution in [-0.2, 0) is 11.2 Å². The van der Waals surface area contributed by atoms with E-state index in [4.69, 9.17) is 4.74 Å². The molecule has 0 saturated carbocycles. The van der Waals surface area contributed by atoms with E-state index in [1.807, 2.05) is 60.0 Å². The predicted octanol–water partition coefficient (Wildman–Crippen LogP) is 4.14. The number of aromatic nitrogens is 2. The summed E-state index contributed by atoms with van der Waals surface area (Å²) >= 11 is 0. The molecule has 0 aliphatic carbocycles. The zero-order chi connectivity index (χ0) is 17.3. The molecule has 2 aromatic rings. The number of fused-ring (bicyclic) bond motifs is 1. The smallest absolute Gasteiger partial charge is 0.410 e. The number of rotatable bonds is 3. The van der Waals surface area contributed by atoms with Gasteiger partial charge < -0.3 is 14.6 Å². The van der Waals surface area contributed by atoms with E-state index >= 15 is 0 Å². The number of pyridine rings is 1. The van der Waals surface area contributed by atoms with Crippen molar-refractivity contribution in [3.8, 4) is 0 Å². The molecular weight excluding hydrogens is 290 g/mol. The summed E-state index contributed by atoms with van der Waals surface area (Å²) in [7, 11) is 0. The summed E-state index contributed by atoms with van der Waals surface area (Å²) in [4.78, 5) is 21.7. The van der Waals surface area contributed by atoms with Crippen molar-refractivity contribution in [3.63, 3.8) is 0 Å². The minimum absolute atomic E-state index is 0.275. The van der Waals surface area contributed by atoms with E-state index in [0.29, 0.717) is 6.54 Å². The van der Waals surface area contributed by atoms with Crippen molar-refractivity contribution in [1.82, 2.24) is 14.9 Å². The molecule has 0 aliphatic heterocycles. The van der Waals surface area contributed by atoms with Crippen LogP contribution in [0, 0.1) is 0 Å². The van der Waals surface area contributed by atoms with Gasteiger partial charge in [-0.2, -0.15) is 0 Å². The highest BCUT2D eigenvalue weighted by atomic mass is 16.6. The molecule has 0 spiro atoms. The number of carbonyl (C=O) groups excluding carboxylic acids is 1. The Balaban J connectivity index is 2.14. The number of hydrogen-bond acceptors (Lipinski definition) is 3. The standard InChI is InChI=1S/C18H27N3O2/c1-17(2,3)21(16(22)23-18(4,5)6)10-8-13-11-20-15-7-9-19-12-14(13)15/h7,9,11-12,20H,8,10H2,1-6H3. The largest absolute Gasteiger partial charge is 0.444 e. The van der Waals surface area contributed by atoms with Crippen LogP contribution >= 0.6 is 0 Å². The van der Waals surface area contributed by atoms with Gasteiger partial charge in [0, 0.05) is 41.6 Å². The molecule has 0 aromatic carbocycles. The maximum atomic E-state index is 12.5. The van der Waals surface area contributed by atoms with Gasteiger partial charge in [0.25, 0.3) is 0 Å². The third-order valence-electron chi connectivity index (χ3n) is 3.60. The van der Waals surface area contributed by atoms with Crippen molar-refractivity contribution in [3.05, 3.63) is 30.2 Å². The minimum Gasteiger partial charge on any atom is -0.444 e. The van der Waals surface area contributed by atoms with E-state index in [1.54, 1.807) is 11.1 Å². The number of amides is 1. The Morgan fingerprint density at radius 2 is 1.96 bits per heavy atom. The molecule has 0 atom stereocenters. The third kappa shape index (κ3) is 4.47. The molecule has 0 radical (unpaired) electrons.